The molecule has 0 radical (unpaired) electrons. The molecule has 1 amide bonds. The Kier molecular flexibility index (Phi) is 4.77. The Labute approximate surface area is 129 Å². The molecule has 6 nitrogen and oxygen atoms in total. The van der Waals surface area contributed by atoms with Gasteiger partial charge in [0.25, 0.3) is 0 Å². The maximum Gasteiger partial charge on any atom is 0.226 e. The molecule has 0 bridgehead atoms. The number of rotatable bonds is 4. The van der Waals surface area contributed by atoms with Gasteiger partial charge in [-0.3, -0.25) is 4.79 Å². The summed E-state index contributed by atoms with van der Waals surface area (Å²) in [4.78, 5) is 12.8. The fourth-order valence-electron chi connectivity index (χ4n) is 1.37. The molecule has 0 aliphatic heterocycles. The Hall–Kier alpha value is -1.41. The highest BCUT2D eigenvalue weighted by atomic mass is 79.9. The average Bonchev–Trinajstić information content (AvgIpc) is 2.78. The molecular formula is C12H14BrN5OS. The zero-order valence-electron chi connectivity index (χ0n) is 11.3. The van der Waals surface area contributed by atoms with Gasteiger partial charge in [0.2, 0.25) is 11.1 Å². The Morgan fingerprint density at radius 1 is 1.45 bits per heavy atom. The van der Waals surface area contributed by atoms with E-state index in [1.807, 2.05) is 32.0 Å². The average molecular weight is 356 g/mol. The van der Waals surface area contributed by atoms with Crippen molar-refractivity contribution in [3.63, 3.8) is 0 Å². The molecule has 0 spiro atoms. The van der Waals surface area contributed by atoms with E-state index in [4.69, 9.17) is 0 Å². The molecule has 0 atom stereocenters. The van der Waals surface area contributed by atoms with Gasteiger partial charge in [0.05, 0.1) is 5.69 Å². The van der Waals surface area contributed by atoms with Crippen LogP contribution in [0.15, 0.2) is 32.7 Å². The summed E-state index contributed by atoms with van der Waals surface area (Å²) in [5.41, 5.74) is 0.742. The predicted molar refractivity (Wildman–Crippen MR) is 80.5 cm³/mol. The second-order valence-corrected chi connectivity index (χ2v) is 6.40. The van der Waals surface area contributed by atoms with Crippen molar-refractivity contribution in [2.75, 3.05) is 5.32 Å². The van der Waals surface area contributed by atoms with Crippen LogP contribution < -0.4 is 5.32 Å². The van der Waals surface area contributed by atoms with Crippen molar-refractivity contribution >= 4 is 39.3 Å². The van der Waals surface area contributed by atoms with Crippen LogP contribution in [0.3, 0.4) is 0 Å². The second-order valence-electron chi connectivity index (χ2n) is 4.47. The number of nitrogens with zero attached hydrogens (tertiary/aromatic N) is 4. The van der Waals surface area contributed by atoms with Gasteiger partial charge >= 0.3 is 0 Å². The van der Waals surface area contributed by atoms with Gasteiger partial charge in [0.1, 0.15) is 0 Å². The Morgan fingerprint density at radius 2 is 2.20 bits per heavy atom. The third-order valence-corrected chi connectivity index (χ3v) is 4.10. The van der Waals surface area contributed by atoms with Crippen LogP contribution in [0.25, 0.3) is 0 Å². The quantitative estimate of drug-likeness (QED) is 0.912. The van der Waals surface area contributed by atoms with Crippen molar-refractivity contribution in [2.45, 2.75) is 23.9 Å². The molecule has 8 heteroatoms. The SMILES string of the molecule is CC(C)C(=O)Nc1cc(Br)ccc1Sc1nnnn1C. The first-order chi connectivity index (χ1) is 9.47. The van der Waals surface area contributed by atoms with Crippen molar-refractivity contribution in [1.29, 1.82) is 0 Å². The number of tetrazole rings is 1. The van der Waals surface area contributed by atoms with Gasteiger partial charge in [-0.2, -0.15) is 0 Å². The molecule has 0 fully saturated rings. The molecule has 1 N–H and O–H groups in total. The molecule has 0 aliphatic rings. The molecule has 0 unspecified atom stereocenters. The maximum atomic E-state index is 11.9. The second kappa shape index (κ2) is 6.36. The number of anilines is 1. The summed E-state index contributed by atoms with van der Waals surface area (Å²) in [6.45, 7) is 3.71. The van der Waals surface area contributed by atoms with Crippen molar-refractivity contribution in [3.8, 4) is 0 Å². The zero-order chi connectivity index (χ0) is 14.7. The molecule has 2 aromatic rings. The first kappa shape index (κ1) is 15.0. The minimum Gasteiger partial charge on any atom is -0.325 e. The van der Waals surface area contributed by atoms with E-state index in [0.29, 0.717) is 5.16 Å². The van der Waals surface area contributed by atoms with E-state index in [2.05, 4.69) is 36.8 Å². The van der Waals surface area contributed by atoms with E-state index in [9.17, 15) is 4.79 Å². The number of carbonyl (C=O) groups excluding carboxylic acids is 1. The van der Waals surface area contributed by atoms with E-state index in [1.165, 1.54) is 11.8 Å². The molecular weight excluding hydrogens is 342 g/mol. The van der Waals surface area contributed by atoms with Gasteiger partial charge in [-0.05, 0) is 40.4 Å². The number of benzene rings is 1. The summed E-state index contributed by atoms with van der Waals surface area (Å²) in [5.74, 6) is -0.107. The van der Waals surface area contributed by atoms with Gasteiger partial charge < -0.3 is 5.32 Å². The van der Waals surface area contributed by atoms with Crippen LogP contribution in [-0.4, -0.2) is 26.1 Å². The van der Waals surface area contributed by atoms with Gasteiger partial charge in [0, 0.05) is 22.3 Å². The van der Waals surface area contributed by atoms with Crippen molar-refractivity contribution in [1.82, 2.24) is 20.2 Å². The first-order valence-electron chi connectivity index (χ1n) is 5.98. The lowest BCUT2D eigenvalue weighted by Gasteiger charge is -2.12. The third-order valence-electron chi connectivity index (χ3n) is 2.51. The number of nitrogens with one attached hydrogen (secondary N) is 1. The summed E-state index contributed by atoms with van der Waals surface area (Å²) in [7, 11) is 1.77. The summed E-state index contributed by atoms with van der Waals surface area (Å²) >= 11 is 4.81. The Morgan fingerprint density at radius 3 is 2.80 bits per heavy atom. The van der Waals surface area contributed by atoms with E-state index in [0.717, 1.165) is 15.1 Å². The van der Waals surface area contributed by atoms with Crippen LogP contribution in [0.1, 0.15) is 13.8 Å². The monoisotopic (exact) mass is 355 g/mol. The molecule has 20 heavy (non-hydrogen) atoms. The molecule has 2 rings (SSSR count). The topological polar surface area (TPSA) is 72.7 Å². The Balaban J connectivity index is 2.28. The molecule has 1 heterocycles. The highest BCUT2D eigenvalue weighted by Gasteiger charge is 2.13. The highest BCUT2D eigenvalue weighted by Crippen LogP contribution is 2.34. The normalized spacial score (nSPS) is 10.8. The van der Waals surface area contributed by atoms with Crippen LogP contribution >= 0.6 is 27.7 Å². The number of halogens is 1. The molecule has 0 saturated heterocycles. The lowest BCUT2D eigenvalue weighted by atomic mass is 10.2. The van der Waals surface area contributed by atoms with E-state index in [-0.39, 0.29) is 11.8 Å². The minimum absolute atomic E-state index is 0.0268. The van der Waals surface area contributed by atoms with Crippen molar-refractivity contribution < 1.29 is 4.79 Å². The van der Waals surface area contributed by atoms with Crippen molar-refractivity contribution in [2.24, 2.45) is 13.0 Å². The van der Waals surface area contributed by atoms with Crippen LogP contribution in [-0.2, 0) is 11.8 Å². The molecule has 1 aromatic heterocycles. The maximum absolute atomic E-state index is 11.9. The van der Waals surface area contributed by atoms with Crippen LogP contribution in [0.4, 0.5) is 5.69 Å². The van der Waals surface area contributed by atoms with Gasteiger partial charge in [0.15, 0.2) is 0 Å². The first-order valence-corrected chi connectivity index (χ1v) is 7.59. The minimum atomic E-state index is -0.0803. The van der Waals surface area contributed by atoms with Gasteiger partial charge in [-0.1, -0.05) is 29.8 Å². The number of aryl methyl sites for hydroxylation is 1. The molecule has 106 valence electrons. The highest BCUT2D eigenvalue weighted by molar-refractivity contribution is 9.10. The van der Waals surface area contributed by atoms with Crippen LogP contribution in [0.2, 0.25) is 0 Å². The Bertz CT molecular complexity index is 628. The lowest BCUT2D eigenvalue weighted by molar-refractivity contribution is -0.118. The summed E-state index contributed by atoms with van der Waals surface area (Å²) in [5, 5.41) is 14.9. The third kappa shape index (κ3) is 3.57. The fraction of sp³-hybridized carbons (Fsp3) is 0.333. The number of carbonyl (C=O) groups is 1. The number of amides is 1. The number of aromatic nitrogens is 4. The van der Waals surface area contributed by atoms with E-state index < -0.39 is 0 Å². The fourth-order valence-corrected chi connectivity index (χ4v) is 2.53. The molecule has 0 aliphatic carbocycles. The van der Waals surface area contributed by atoms with Crippen LogP contribution in [0, 0.1) is 5.92 Å². The van der Waals surface area contributed by atoms with E-state index >= 15 is 0 Å². The van der Waals surface area contributed by atoms with Crippen LogP contribution in [0.5, 0.6) is 0 Å². The summed E-state index contributed by atoms with van der Waals surface area (Å²) < 4.78 is 2.48. The summed E-state index contributed by atoms with van der Waals surface area (Å²) in [6, 6.07) is 5.70. The smallest absolute Gasteiger partial charge is 0.226 e. The predicted octanol–water partition coefficient (Wildman–Crippen LogP) is 2.72. The van der Waals surface area contributed by atoms with Gasteiger partial charge in [-0.25, -0.2) is 4.68 Å². The van der Waals surface area contributed by atoms with E-state index in [1.54, 1.807) is 11.7 Å². The largest absolute Gasteiger partial charge is 0.325 e. The number of hydrogen-bond acceptors (Lipinski definition) is 5. The summed E-state index contributed by atoms with van der Waals surface area (Å²) in [6.07, 6.45) is 0. The zero-order valence-corrected chi connectivity index (χ0v) is 13.7. The standard InChI is InChI=1S/C12H14BrN5OS/c1-7(2)11(19)14-9-6-8(13)4-5-10(9)20-12-15-16-17-18(12)3/h4-7H,1-3H3,(H,14,19). The molecule has 0 saturated carbocycles. The lowest BCUT2D eigenvalue weighted by Crippen LogP contribution is -2.18. The van der Waals surface area contributed by atoms with Crippen molar-refractivity contribution in [3.05, 3.63) is 22.7 Å². The van der Waals surface area contributed by atoms with Gasteiger partial charge in [-0.15, -0.1) is 5.10 Å². The molecule has 1 aromatic carbocycles. The number of hydrogen-bond donors (Lipinski definition) is 1.